The first kappa shape index (κ1) is 23.1. The largest absolute Gasteiger partial charge is 0.484 e. The summed E-state index contributed by atoms with van der Waals surface area (Å²) in [5, 5.41) is 8.98. The molecule has 0 saturated heterocycles. The highest BCUT2D eigenvalue weighted by atomic mass is 79.9. The van der Waals surface area contributed by atoms with E-state index in [2.05, 4.69) is 37.1 Å². The molecule has 2 rings (SSSR count). The van der Waals surface area contributed by atoms with E-state index in [1.165, 1.54) is 6.21 Å². The third-order valence-electron chi connectivity index (χ3n) is 3.70. The number of amides is 3. The van der Waals surface area contributed by atoms with E-state index in [-0.39, 0.29) is 18.6 Å². The molecule has 2 aromatic rings. The molecule has 0 fully saturated rings. The number of hydrogen-bond acceptors (Lipinski definition) is 5. The topological polar surface area (TPSA) is 109 Å². The van der Waals surface area contributed by atoms with Gasteiger partial charge in [-0.2, -0.15) is 5.10 Å². The number of benzene rings is 2. The van der Waals surface area contributed by atoms with Crippen molar-refractivity contribution in [2.24, 2.45) is 5.10 Å². The highest BCUT2D eigenvalue weighted by Gasteiger charge is 2.12. The second kappa shape index (κ2) is 11.1. The Morgan fingerprint density at radius 2 is 1.80 bits per heavy atom. The zero-order valence-electron chi connectivity index (χ0n) is 16.9. The van der Waals surface area contributed by atoms with Gasteiger partial charge in [-0.1, -0.05) is 15.9 Å². The Bertz CT molecular complexity index is 943. The lowest BCUT2D eigenvalue weighted by atomic mass is 10.2. The maximum atomic E-state index is 12.0. The molecule has 0 aliphatic carbocycles. The first-order valence-electron chi connectivity index (χ1n) is 9.17. The van der Waals surface area contributed by atoms with Crippen LogP contribution in [0.3, 0.4) is 0 Å². The lowest BCUT2D eigenvalue weighted by Crippen LogP contribution is -2.41. The molecule has 0 saturated carbocycles. The number of rotatable bonds is 7. The molecule has 0 heterocycles. The van der Waals surface area contributed by atoms with E-state index in [9.17, 15) is 14.4 Å². The Morgan fingerprint density at radius 1 is 1.10 bits per heavy atom. The van der Waals surface area contributed by atoms with E-state index in [4.69, 9.17) is 4.74 Å². The average molecular weight is 475 g/mol. The normalized spacial score (nSPS) is 10.7. The van der Waals surface area contributed by atoms with Gasteiger partial charge in [-0.15, -0.1) is 0 Å². The summed E-state index contributed by atoms with van der Waals surface area (Å²) in [5.74, 6) is -1.35. The Hall–Kier alpha value is -3.20. The number of nitrogens with one attached hydrogen (secondary N) is 3. The van der Waals surface area contributed by atoms with E-state index in [1.54, 1.807) is 44.2 Å². The molecule has 0 aliphatic heterocycles. The molecule has 2 aromatic carbocycles. The molecule has 0 radical (unpaired) electrons. The van der Waals surface area contributed by atoms with Gasteiger partial charge in [0.1, 0.15) is 5.75 Å². The summed E-state index contributed by atoms with van der Waals surface area (Å²) in [4.78, 5) is 35.0. The molecule has 30 heavy (non-hydrogen) atoms. The number of anilines is 1. The zero-order chi connectivity index (χ0) is 22.1. The fourth-order valence-electron chi connectivity index (χ4n) is 2.26. The van der Waals surface area contributed by atoms with Crippen LogP contribution in [0.2, 0.25) is 0 Å². The summed E-state index contributed by atoms with van der Waals surface area (Å²) in [6, 6.07) is 12.1. The van der Waals surface area contributed by atoms with Crippen molar-refractivity contribution >= 4 is 45.6 Å². The fraction of sp³-hybridized carbons (Fsp3) is 0.238. The van der Waals surface area contributed by atoms with Crippen LogP contribution >= 0.6 is 15.9 Å². The molecular formula is C21H23BrN4O4. The Labute approximate surface area is 183 Å². The summed E-state index contributed by atoms with van der Waals surface area (Å²) in [6.07, 6.45) is 1.40. The van der Waals surface area contributed by atoms with E-state index in [0.29, 0.717) is 17.0 Å². The smallest absolute Gasteiger partial charge is 0.329 e. The van der Waals surface area contributed by atoms with Gasteiger partial charge in [0.25, 0.3) is 5.91 Å². The molecule has 0 aliphatic rings. The summed E-state index contributed by atoms with van der Waals surface area (Å²) >= 11 is 3.42. The number of hydrazone groups is 1. The van der Waals surface area contributed by atoms with Crippen LogP contribution in [-0.2, 0) is 14.4 Å². The number of ether oxygens (including phenoxy) is 1. The summed E-state index contributed by atoms with van der Waals surface area (Å²) in [5.41, 5.74) is 4.55. The third kappa shape index (κ3) is 7.67. The van der Waals surface area contributed by atoms with Crippen LogP contribution in [0.25, 0.3) is 0 Å². The maximum Gasteiger partial charge on any atom is 0.329 e. The minimum atomic E-state index is -0.841. The SMILES string of the molecule is Cc1cc(NC(=O)COc2ccc(/C=N\NC(=O)C(=O)NC(C)C)cc2)ccc1Br. The lowest BCUT2D eigenvalue weighted by Gasteiger charge is -2.09. The van der Waals surface area contributed by atoms with E-state index >= 15 is 0 Å². The number of halogens is 1. The lowest BCUT2D eigenvalue weighted by molar-refractivity contribution is -0.139. The molecule has 158 valence electrons. The van der Waals surface area contributed by atoms with Crippen molar-refractivity contribution in [3.8, 4) is 5.75 Å². The second-order valence-corrected chi connectivity index (χ2v) is 7.55. The van der Waals surface area contributed by atoms with Crippen molar-refractivity contribution in [2.75, 3.05) is 11.9 Å². The van der Waals surface area contributed by atoms with Crippen LogP contribution in [0, 0.1) is 6.92 Å². The fourth-order valence-corrected chi connectivity index (χ4v) is 2.51. The predicted molar refractivity (Wildman–Crippen MR) is 118 cm³/mol. The van der Waals surface area contributed by atoms with Gasteiger partial charge >= 0.3 is 11.8 Å². The maximum absolute atomic E-state index is 12.0. The van der Waals surface area contributed by atoms with Crippen LogP contribution in [0.1, 0.15) is 25.0 Å². The predicted octanol–water partition coefficient (Wildman–Crippen LogP) is 2.75. The molecule has 3 amide bonds. The quantitative estimate of drug-likeness (QED) is 0.325. The molecule has 0 aromatic heterocycles. The van der Waals surface area contributed by atoms with Gasteiger partial charge in [0, 0.05) is 16.2 Å². The van der Waals surface area contributed by atoms with Gasteiger partial charge in [-0.25, -0.2) is 5.43 Å². The highest BCUT2D eigenvalue weighted by Crippen LogP contribution is 2.20. The van der Waals surface area contributed by atoms with Crippen LogP contribution in [-0.4, -0.2) is 36.6 Å². The van der Waals surface area contributed by atoms with Gasteiger partial charge in [0.15, 0.2) is 6.61 Å². The molecule has 3 N–H and O–H groups in total. The monoisotopic (exact) mass is 474 g/mol. The van der Waals surface area contributed by atoms with Crippen LogP contribution < -0.4 is 20.8 Å². The molecule has 0 spiro atoms. The number of hydrogen-bond donors (Lipinski definition) is 3. The standard InChI is InChI=1S/C21H23BrN4O4/c1-13(2)24-20(28)21(29)26-23-11-15-4-7-17(8-5-15)30-12-19(27)25-16-6-9-18(22)14(3)10-16/h4-11,13H,12H2,1-3H3,(H,24,28)(H,25,27)(H,26,29)/b23-11-. The molecule has 0 atom stereocenters. The Kier molecular flexibility index (Phi) is 8.54. The first-order valence-corrected chi connectivity index (χ1v) is 9.96. The second-order valence-electron chi connectivity index (χ2n) is 6.70. The van der Waals surface area contributed by atoms with Crippen molar-refractivity contribution in [1.82, 2.24) is 10.7 Å². The molecule has 0 bridgehead atoms. The zero-order valence-corrected chi connectivity index (χ0v) is 18.4. The van der Waals surface area contributed by atoms with Gasteiger partial charge in [-0.05, 0) is 74.4 Å². The van der Waals surface area contributed by atoms with Crippen molar-refractivity contribution in [1.29, 1.82) is 0 Å². The van der Waals surface area contributed by atoms with Crippen molar-refractivity contribution in [3.63, 3.8) is 0 Å². The summed E-state index contributed by atoms with van der Waals surface area (Å²) in [7, 11) is 0. The average Bonchev–Trinajstić information content (AvgIpc) is 2.69. The van der Waals surface area contributed by atoms with Gasteiger partial charge in [0.05, 0.1) is 6.21 Å². The number of carbonyl (C=O) groups is 3. The molecule has 9 heteroatoms. The minimum absolute atomic E-state index is 0.135. The van der Waals surface area contributed by atoms with Crippen LogP contribution in [0.5, 0.6) is 5.75 Å². The van der Waals surface area contributed by atoms with Gasteiger partial charge in [0.2, 0.25) is 0 Å². The summed E-state index contributed by atoms with van der Waals surface area (Å²) < 4.78 is 6.44. The minimum Gasteiger partial charge on any atom is -0.484 e. The number of nitrogens with zero attached hydrogens (tertiary/aromatic N) is 1. The van der Waals surface area contributed by atoms with E-state index in [0.717, 1.165) is 10.0 Å². The number of aryl methyl sites for hydroxylation is 1. The van der Waals surface area contributed by atoms with Crippen LogP contribution in [0.15, 0.2) is 52.0 Å². The van der Waals surface area contributed by atoms with Crippen molar-refractivity contribution in [3.05, 3.63) is 58.1 Å². The molecule has 8 nitrogen and oxygen atoms in total. The molecule has 0 unspecified atom stereocenters. The third-order valence-corrected chi connectivity index (χ3v) is 4.59. The van der Waals surface area contributed by atoms with Gasteiger partial charge < -0.3 is 15.4 Å². The molecular weight excluding hydrogens is 452 g/mol. The van der Waals surface area contributed by atoms with E-state index in [1.807, 2.05) is 19.1 Å². The van der Waals surface area contributed by atoms with Crippen LogP contribution in [0.4, 0.5) is 5.69 Å². The van der Waals surface area contributed by atoms with E-state index < -0.39 is 11.8 Å². The Balaban J connectivity index is 1.79. The summed E-state index contributed by atoms with van der Waals surface area (Å²) in [6.45, 7) is 5.31. The Morgan fingerprint density at radius 3 is 2.43 bits per heavy atom. The highest BCUT2D eigenvalue weighted by molar-refractivity contribution is 9.10. The number of carbonyl (C=O) groups excluding carboxylic acids is 3. The van der Waals surface area contributed by atoms with Crippen molar-refractivity contribution < 1.29 is 19.1 Å². The van der Waals surface area contributed by atoms with Crippen molar-refractivity contribution in [2.45, 2.75) is 26.8 Å². The van der Waals surface area contributed by atoms with Gasteiger partial charge in [-0.3, -0.25) is 14.4 Å². The first-order chi connectivity index (χ1) is 14.2.